The Kier molecular flexibility index (Phi) is 3.75. The lowest BCUT2D eigenvalue weighted by Gasteiger charge is -2.13. The second-order valence-corrected chi connectivity index (χ2v) is 6.05. The van der Waals surface area contributed by atoms with E-state index in [1.54, 1.807) is 6.07 Å². The second kappa shape index (κ2) is 5.63. The summed E-state index contributed by atoms with van der Waals surface area (Å²) in [5.74, 6) is -1.08. The van der Waals surface area contributed by atoms with Crippen molar-refractivity contribution in [1.29, 1.82) is 0 Å². The number of alkyl halides is 3. The van der Waals surface area contributed by atoms with Crippen LogP contribution in [0, 0.1) is 0 Å². The molecule has 0 spiro atoms. The maximum Gasteiger partial charge on any atom is 0.573 e. The van der Waals surface area contributed by atoms with Crippen LogP contribution < -0.4 is 9.46 Å². The minimum atomic E-state index is -5.03. The monoisotopic (exact) mass is 359 g/mol. The van der Waals surface area contributed by atoms with Crippen LogP contribution in [0.2, 0.25) is 0 Å². The number of anilines is 1. The molecular formula is C12H8F3N5O3S. The summed E-state index contributed by atoms with van der Waals surface area (Å²) in [5, 5.41) is 3.82. The zero-order valence-electron chi connectivity index (χ0n) is 11.6. The number of hydrogen-bond acceptors (Lipinski definition) is 6. The predicted octanol–water partition coefficient (Wildman–Crippen LogP) is 1.82. The van der Waals surface area contributed by atoms with Gasteiger partial charge in [0, 0.05) is 12.4 Å². The molecule has 0 aliphatic heterocycles. The highest BCUT2D eigenvalue weighted by Crippen LogP contribution is 2.30. The average Bonchev–Trinajstić information content (AvgIpc) is 2.87. The lowest BCUT2D eigenvalue weighted by atomic mass is 10.3. The van der Waals surface area contributed by atoms with Crippen molar-refractivity contribution in [3.05, 3.63) is 42.7 Å². The molecule has 24 heavy (non-hydrogen) atoms. The quantitative estimate of drug-likeness (QED) is 0.763. The van der Waals surface area contributed by atoms with Crippen molar-refractivity contribution in [2.45, 2.75) is 11.3 Å². The Morgan fingerprint density at radius 2 is 1.92 bits per heavy atom. The van der Waals surface area contributed by atoms with Crippen LogP contribution in [0.25, 0.3) is 5.78 Å². The number of rotatable bonds is 4. The Bertz CT molecular complexity index is 954. The van der Waals surface area contributed by atoms with E-state index in [0.29, 0.717) is 0 Å². The molecule has 0 aliphatic carbocycles. The van der Waals surface area contributed by atoms with E-state index >= 15 is 0 Å². The summed E-state index contributed by atoms with van der Waals surface area (Å²) >= 11 is 0. The number of fused-ring (bicyclic) bond motifs is 1. The first kappa shape index (κ1) is 16.0. The normalized spacial score (nSPS) is 12.3. The van der Waals surface area contributed by atoms with Gasteiger partial charge < -0.3 is 4.74 Å². The van der Waals surface area contributed by atoms with Gasteiger partial charge in [0.25, 0.3) is 21.7 Å². The van der Waals surface area contributed by atoms with E-state index in [1.807, 2.05) is 4.72 Å². The number of hydrogen-bond donors (Lipinski definition) is 1. The summed E-state index contributed by atoms with van der Waals surface area (Å²) in [6.45, 7) is 0. The van der Waals surface area contributed by atoms with Crippen LogP contribution in [0.15, 0.2) is 47.6 Å². The third kappa shape index (κ3) is 3.37. The summed E-state index contributed by atoms with van der Waals surface area (Å²) in [6, 6.07) is 5.88. The summed E-state index contributed by atoms with van der Waals surface area (Å²) in [6.07, 6.45) is -2.13. The van der Waals surface area contributed by atoms with Gasteiger partial charge in [0.15, 0.2) is 0 Å². The number of sulfonamides is 1. The smallest absolute Gasteiger partial charge is 0.404 e. The van der Waals surface area contributed by atoms with Gasteiger partial charge in [-0.1, -0.05) is 12.1 Å². The molecule has 2 aromatic heterocycles. The molecule has 0 saturated carbocycles. The molecule has 0 fully saturated rings. The van der Waals surface area contributed by atoms with E-state index < -0.39 is 27.0 Å². The Labute approximate surface area is 133 Å². The van der Waals surface area contributed by atoms with E-state index in [1.165, 1.54) is 29.0 Å². The number of benzene rings is 1. The molecule has 0 radical (unpaired) electrons. The van der Waals surface area contributed by atoms with Gasteiger partial charge in [0.2, 0.25) is 0 Å². The lowest BCUT2D eigenvalue weighted by Crippen LogP contribution is -2.21. The maximum absolute atomic E-state index is 12.4. The third-order valence-electron chi connectivity index (χ3n) is 2.71. The second-order valence-electron chi connectivity index (χ2n) is 4.40. The van der Waals surface area contributed by atoms with Crippen LogP contribution in [0.4, 0.5) is 19.1 Å². The van der Waals surface area contributed by atoms with Gasteiger partial charge in [-0.05, 0) is 18.2 Å². The predicted molar refractivity (Wildman–Crippen MR) is 74.7 cm³/mol. The molecule has 0 bridgehead atoms. The van der Waals surface area contributed by atoms with Crippen LogP contribution in [-0.4, -0.2) is 34.4 Å². The molecule has 126 valence electrons. The van der Waals surface area contributed by atoms with Crippen molar-refractivity contribution in [1.82, 2.24) is 19.6 Å². The zero-order valence-corrected chi connectivity index (χ0v) is 12.4. The van der Waals surface area contributed by atoms with Gasteiger partial charge in [-0.25, -0.2) is 22.6 Å². The fourth-order valence-electron chi connectivity index (χ4n) is 1.83. The number of halogens is 3. The van der Waals surface area contributed by atoms with Gasteiger partial charge in [-0.15, -0.1) is 18.3 Å². The molecule has 1 aromatic carbocycles. The first-order valence-electron chi connectivity index (χ1n) is 6.30. The molecule has 2 heterocycles. The fourth-order valence-corrected chi connectivity index (χ4v) is 2.90. The lowest BCUT2D eigenvalue weighted by molar-refractivity contribution is -0.275. The highest BCUT2D eigenvalue weighted by Gasteiger charge is 2.34. The third-order valence-corrected chi connectivity index (χ3v) is 4.07. The number of aromatic nitrogens is 4. The molecule has 0 aliphatic rings. The first-order valence-corrected chi connectivity index (χ1v) is 7.78. The van der Waals surface area contributed by atoms with E-state index in [9.17, 15) is 21.6 Å². The highest BCUT2D eigenvalue weighted by atomic mass is 32.2. The average molecular weight is 359 g/mol. The van der Waals surface area contributed by atoms with Gasteiger partial charge in [0.05, 0.1) is 0 Å². The van der Waals surface area contributed by atoms with Gasteiger partial charge in [-0.3, -0.25) is 0 Å². The molecule has 8 nitrogen and oxygen atoms in total. The molecular weight excluding hydrogens is 351 g/mol. The van der Waals surface area contributed by atoms with Crippen LogP contribution in [0.3, 0.4) is 0 Å². The Morgan fingerprint density at radius 1 is 1.17 bits per heavy atom. The van der Waals surface area contributed by atoms with Crippen molar-refractivity contribution < 1.29 is 26.3 Å². The molecule has 12 heteroatoms. The maximum atomic E-state index is 12.4. The summed E-state index contributed by atoms with van der Waals surface area (Å²) < 4.78 is 68.8. The van der Waals surface area contributed by atoms with Crippen LogP contribution >= 0.6 is 0 Å². The van der Waals surface area contributed by atoms with Gasteiger partial charge in [-0.2, -0.15) is 4.98 Å². The van der Waals surface area contributed by atoms with E-state index in [4.69, 9.17) is 0 Å². The van der Waals surface area contributed by atoms with Crippen LogP contribution in [0.1, 0.15) is 0 Å². The number of nitrogens with one attached hydrogen (secondary N) is 1. The van der Waals surface area contributed by atoms with E-state index in [-0.39, 0.29) is 11.7 Å². The fraction of sp³-hybridized carbons (Fsp3) is 0.0833. The summed E-state index contributed by atoms with van der Waals surface area (Å²) in [7, 11) is -4.41. The Balaban J connectivity index is 1.96. The molecule has 1 N–H and O–H groups in total. The van der Waals surface area contributed by atoms with Gasteiger partial charge in [0.1, 0.15) is 10.6 Å². The van der Waals surface area contributed by atoms with E-state index in [0.717, 1.165) is 12.1 Å². The van der Waals surface area contributed by atoms with Crippen LogP contribution in [-0.2, 0) is 10.0 Å². The largest absolute Gasteiger partial charge is 0.573 e. The Hall–Kier alpha value is -2.89. The molecule has 3 aromatic rings. The minimum Gasteiger partial charge on any atom is -0.404 e. The van der Waals surface area contributed by atoms with Crippen molar-refractivity contribution in [2.75, 3.05) is 4.72 Å². The SMILES string of the molecule is O=S(=O)(Nc1nc2ncccn2n1)c1ccccc1OC(F)(F)F. The number of nitrogens with zero attached hydrogens (tertiary/aromatic N) is 4. The van der Waals surface area contributed by atoms with E-state index in [2.05, 4.69) is 19.8 Å². The van der Waals surface area contributed by atoms with Crippen molar-refractivity contribution in [2.24, 2.45) is 0 Å². The van der Waals surface area contributed by atoms with Crippen LogP contribution in [0.5, 0.6) is 5.75 Å². The zero-order chi connectivity index (χ0) is 17.4. The molecule has 0 saturated heterocycles. The van der Waals surface area contributed by atoms with Crippen molar-refractivity contribution >= 4 is 21.7 Å². The summed E-state index contributed by atoms with van der Waals surface area (Å²) in [5.41, 5.74) is 0. The highest BCUT2D eigenvalue weighted by molar-refractivity contribution is 7.92. The topological polar surface area (TPSA) is 98.5 Å². The molecule has 0 amide bonds. The molecule has 3 rings (SSSR count). The molecule has 0 unspecified atom stereocenters. The number of para-hydroxylation sites is 1. The van der Waals surface area contributed by atoms with Crippen molar-refractivity contribution in [3.8, 4) is 5.75 Å². The molecule has 0 atom stereocenters. The number of ether oxygens (including phenoxy) is 1. The van der Waals surface area contributed by atoms with Gasteiger partial charge >= 0.3 is 6.36 Å². The summed E-state index contributed by atoms with van der Waals surface area (Å²) in [4.78, 5) is 6.97. The standard InChI is InChI=1S/C12H8F3N5O3S/c13-12(14,15)23-8-4-1-2-5-9(8)24(21,22)19-10-17-11-16-6-3-7-20(11)18-10/h1-7H,(H,18,19). The van der Waals surface area contributed by atoms with Crippen molar-refractivity contribution in [3.63, 3.8) is 0 Å². The first-order chi connectivity index (χ1) is 11.2. The Morgan fingerprint density at radius 3 is 2.62 bits per heavy atom. The minimum absolute atomic E-state index is 0.120.